The maximum atomic E-state index is 5.56. The van der Waals surface area contributed by atoms with E-state index in [9.17, 15) is 0 Å². The lowest BCUT2D eigenvalue weighted by atomic mass is 10.2. The van der Waals surface area contributed by atoms with Crippen LogP contribution in [0.5, 0.6) is 0 Å². The summed E-state index contributed by atoms with van der Waals surface area (Å²) in [6, 6.07) is 4.24. The Morgan fingerprint density at radius 3 is 2.35 bits per heavy atom. The van der Waals surface area contributed by atoms with Gasteiger partial charge < -0.3 is 15.5 Å². The van der Waals surface area contributed by atoms with E-state index in [4.69, 9.17) is 5.73 Å². The number of pyridine rings is 1. The van der Waals surface area contributed by atoms with Crippen LogP contribution in [0.1, 0.15) is 24.8 Å². The number of rotatable bonds is 7. The molecular formula is C16H28N4. The molecule has 4 nitrogen and oxygen atoms in total. The van der Waals surface area contributed by atoms with Gasteiger partial charge in [-0.15, -0.1) is 0 Å². The Balaban J connectivity index is 1.67. The van der Waals surface area contributed by atoms with E-state index in [0.717, 1.165) is 19.4 Å². The normalized spacial score (nSPS) is 18.1. The predicted molar refractivity (Wildman–Crippen MR) is 83.7 cm³/mol. The fraction of sp³-hybridized carbons (Fsp3) is 0.688. The van der Waals surface area contributed by atoms with Crippen LogP contribution in [-0.2, 0) is 6.42 Å². The van der Waals surface area contributed by atoms with Gasteiger partial charge in [-0.3, -0.25) is 4.98 Å². The molecule has 1 aliphatic rings. The number of hydrogen-bond acceptors (Lipinski definition) is 4. The molecule has 1 aliphatic heterocycles. The van der Waals surface area contributed by atoms with Crippen molar-refractivity contribution < 1.29 is 0 Å². The summed E-state index contributed by atoms with van der Waals surface area (Å²) in [5.74, 6) is 0. The molecule has 20 heavy (non-hydrogen) atoms. The van der Waals surface area contributed by atoms with Gasteiger partial charge in [0.1, 0.15) is 0 Å². The molecule has 4 heteroatoms. The molecule has 1 aromatic rings. The molecule has 0 atom stereocenters. The van der Waals surface area contributed by atoms with E-state index in [1.165, 1.54) is 57.7 Å². The fourth-order valence-electron chi connectivity index (χ4n) is 2.79. The third-order valence-electron chi connectivity index (χ3n) is 4.08. The Hall–Kier alpha value is -0.970. The summed E-state index contributed by atoms with van der Waals surface area (Å²) >= 11 is 0. The molecule has 1 fully saturated rings. The molecule has 2 N–H and O–H groups in total. The van der Waals surface area contributed by atoms with Crippen LogP contribution in [0.25, 0.3) is 0 Å². The zero-order chi connectivity index (χ0) is 14.0. The lowest BCUT2D eigenvalue weighted by Gasteiger charge is -2.21. The second-order valence-corrected chi connectivity index (χ2v) is 5.64. The summed E-state index contributed by atoms with van der Waals surface area (Å²) < 4.78 is 0. The summed E-state index contributed by atoms with van der Waals surface area (Å²) in [6.45, 7) is 8.10. The first-order valence-electron chi connectivity index (χ1n) is 7.92. The third-order valence-corrected chi connectivity index (χ3v) is 4.08. The molecule has 0 amide bonds. The van der Waals surface area contributed by atoms with Crippen molar-refractivity contribution in [3.63, 3.8) is 0 Å². The molecule has 0 saturated carbocycles. The van der Waals surface area contributed by atoms with Gasteiger partial charge in [0.15, 0.2) is 0 Å². The first-order chi connectivity index (χ1) is 9.88. The van der Waals surface area contributed by atoms with E-state index < -0.39 is 0 Å². The van der Waals surface area contributed by atoms with Gasteiger partial charge in [0.25, 0.3) is 0 Å². The molecule has 0 bridgehead atoms. The van der Waals surface area contributed by atoms with Crippen LogP contribution in [0.2, 0.25) is 0 Å². The number of hydrogen-bond donors (Lipinski definition) is 1. The third kappa shape index (κ3) is 5.57. The van der Waals surface area contributed by atoms with E-state index >= 15 is 0 Å². The van der Waals surface area contributed by atoms with Gasteiger partial charge >= 0.3 is 0 Å². The SMILES string of the molecule is NCCCCN1CCCN(CCc2ccncc2)CC1. The monoisotopic (exact) mass is 276 g/mol. The Morgan fingerprint density at radius 2 is 1.65 bits per heavy atom. The van der Waals surface area contributed by atoms with Gasteiger partial charge in [0.05, 0.1) is 0 Å². The molecule has 0 unspecified atom stereocenters. The summed E-state index contributed by atoms with van der Waals surface area (Å²) in [5.41, 5.74) is 6.95. The maximum Gasteiger partial charge on any atom is 0.0270 e. The molecule has 0 aliphatic carbocycles. The Bertz CT molecular complexity index is 355. The minimum Gasteiger partial charge on any atom is -0.330 e. The lowest BCUT2D eigenvalue weighted by molar-refractivity contribution is 0.255. The average molecular weight is 276 g/mol. The van der Waals surface area contributed by atoms with Crippen molar-refractivity contribution in [1.29, 1.82) is 0 Å². The van der Waals surface area contributed by atoms with E-state index in [1.807, 2.05) is 12.4 Å². The fourth-order valence-corrected chi connectivity index (χ4v) is 2.79. The van der Waals surface area contributed by atoms with E-state index in [1.54, 1.807) is 0 Å². The molecule has 2 heterocycles. The van der Waals surface area contributed by atoms with Crippen LogP contribution in [0, 0.1) is 0 Å². The van der Waals surface area contributed by atoms with E-state index in [0.29, 0.717) is 0 Å². The van der Waals surface area contributed by atoms with Gasteiger partial charge in [-0.25, -0.2) is 0 Å². The lowest BCUT2D eigenvalue weighted by Crippen LogP contribution is -2.32. The second kappa shape index (κ2) is 9.06. The minimum absolute atomic E-state index is 0.825. The number of aromatic nitrogens is 1. The van der Waals surface area contributed by atoms with Gasteiger partial charge in [-0.2, -0.15) is 0 Å². The Kier molecular flexibility index (Phi) is 6.98. The first-order valence-corrected chi connectivity index (χ1v) is 7.92. The highest BCUT2D eigenvalue weighted by Crippen LogP contribution is 2.06. The topological polar surface area (TPSA) is 45.4 Å². The van der Waals surface area contributed by atoms with E-state index in [2.05, 4.69) is 26.9 Å². The Morgan fingerprint density at radius 1 is 0.950 bits per heavy atom. The highest BCUT2D eigenvalue weighted by molar-refractivity contribution is 5.09. The van der Waals surface area contributed by atoms with E-state index in [-0.39, 0.29) is 0 Å². The van der Waals surface area contributed by atoms with Crippen molar-refractivity contribution in [3.8, 4) is 0 Å². The average Bonchev–Trinajstić information content (AvgIpc) is 2.72. The molecule has 0 radical (unpaired) electrons. The quantitative estimate of drug-likeness (QED) is 0.764. The van der Waals surface area contributed by atoms with Crippen LogP contribution < -0.4 is 5.73 Å². The largest absolute Gasteiger partial charge is 0.330 e. The maximum absolute atomic E-state index is 5.56. The van der Waals surface area contributed by atoms with Crippen molar-refractivity contribution >= 4 is 0 Å². The van der Waals surface area contributed by atoms with Crippen LogP contribution in [0.3, 0.4) is 0 Å². The van der Waals surface area contributed by atoms with Gasteiger partial charge in [-0.05, 0) is 69.6 Å². The van der Waals surface area contributed by atoms with Crippen molar-refractivity contribution in [2.45, 2.75) is 25.7 Å². The highest BCUT2D eigenvalue weighted by atomic mass is 15.2. The smallest absolute Gasteiger partial charge is 0.0270 e. The standard InChI is InChI=1S/C16H28N4/c17-7-1-2-10-19-11-3-12-20(15-14-19)13-6-16-4-8-18-9-5-16/h4-5,8-9H,1-3,6-7,10-15,17H2. The van der Waals surface area contributed by atoms with Crippen LogP contribution in [0.4, 0.5) is 0 Å². The molecule has 1 saturated heterocycles. The molecular weight excluding hydrogens is 248 g/mol. The summed E-state index contributed by atoms with van der Waals surface area (Å²) in [4.78, 5) is 9.27. The summed E-state index contributed by atoms with van der Waals surface area (Å²) in [6.07, 6.45) is 8.60. The number of unbranched alkanes of at least 4 members (excludes halogenated alkanes) is 1. The molecule has 1 aromatic heterocycles. The predicted octanol–water partition coefficient (Wildman–Crippen LogP) is 1.37. The van der Waals surface area contributed by atoms with Gasteiger partial charge in [0, 0.05) is 32.0 Å². The van der Waals surface area contributed by atoms with Crippen LogP contribution in [0.15, 0.2) is 24.5 Å². The summed E-state index contributed by atoms with van der Waals surface area (Å²) in [5, 5.41) is 0. The molecule has 112 valence electrons. The number of nitrogens with two attached hydrogens (primary N) is 1. The highest BCUT2D eigenvalue weighted by Gasteiger charge is 2.13. The van der Waals surface area contributed by atoms with Crippen molar-refractivity contribution in [1.82, 2.24) is 14.8 Å². The molecule has 0 spiro atoms. The zero-order valence-corrected chi connectivity index (χ0v) is 12.5. The van der Waals surface area contributed by atoms with Gasteiger partial charge in [0.2, 0.25) is 0 Å². The number of nitrogens with zero attached hydrogens (tertiary/aromatic N) is 3. The Labute approximate surface area is 123 Å². The van der Waals surface area contributed by atoms with Crippen molar-refractivity contribution in [2.75, 3.05) is 45.8 Å². The molecule has 0 aromatic carbocycles. The molecule has 2 rings (SSSR count). The van der Waals surface area contributed by atoms with Crippen molar-refractivity contribution in [2.24, 2.45) is 5.73 Å². The van der Waals surface area contributed by atoms with Gasteiger partial charge in [-0.1, -0.05) is 0 Å². The first kappa shape index (κ1) is 15.4. The van der Waals surface area contributed by atoms with Crippen LogP contribution in [-0.4, -0.2) is 60.6 Å². The van der Waals surface area contributed by atoms with Crippen molar-refractivity contribution in [3.05, 3.63) is 30.1 Å². The second-order valence-electron chi connectivity index (χ2n) is 5.64. The van der Waals surface area contributed by atoms with Crippen LogP contribution >= 0.6 is 0 Å². The summed E-state index contributed by atoms with van der Waals surface area (Å²) in [7, 11) is 0. The minimum atomic E-state index is 0.825. The zero-order valence-electron chi connectivity index (χ0n) is 12.5.